The second-order valence-corrected chi connectivity index (χ2v) is 6.49. The van der Waals surface area contributed by atoms with E-state index >= 15 is 0 Å². The van der Waals surface area contributed by atoms with Crippen LogP contribution < -0.4 is 5.32 Å². The Kier molecular flexibility index (Phi) is 3.79. The van der Waals surface area contributed by atoms with Crippen molar-refractivity contribution in [3.05, 3.63) is 35.9 Å². The smallest absolute Gasteiger partial charge is 0.241 e. The summed E-state index contributed by atoms with van der Waals surface area (Å²) in [5.74, 6) is 1.32. The van der Waals surface area contributed by atoms with Crippen LogP contribution in [0.1, 0.15) is 44.8 Å². The standard InChI is InChI=1S/C17H24N2O/c1-12(2)15-17(20)19(11-13-7-6-8-13)16(18-15)14-9-4-3-5-10-14/h3-5,9-10,12-13,15-16,18H,6-8,11H2,1-2H3. The maximum Gasteiger partial charge on any atom is 0.241 e. The lowest BCUT2D eigenvalue weighted by molar-refractivity contribution is -0.131. The minimum atomic E-state index is -0.0414. The second kappa shape index (κ2) is 5.57. The largest absolute Gasteiger partial charge is 0.321 e. The van der Waals surface area contributed by atoms with Gasteiger partial charge >= 0.3 is 0 Å². The van der Waals surface area contributed by atoms with Crippen molar-refractivity contribution in [3.63, 3.8) is 0 Å². The van der Waals surface area contributed by atoms with Crippen LogP contribution in [0, 0.1) is 11.8 Å². The highest BCUT2D eigenvalue weighted by molar-refractivity contribution is 5.84. The summed E-state index contributed by atoms with van der Waals surface area (Å²) in [6.45, 7) is 5.14. The fraction of sp³-hybridized carbons (Fsp3) is 0.588. The van der Waals surface area contributed by atoms with E-state index in [0.717, 1.165) is 6.54 Å². The third-order valence-electron chi connectivity index (χ3n) is 4.66. The zero-order valence-electron chi connectivity index (χ0n) is 12.4. The Labute approximate surface area is 121 Å². The normalized spacial score (nSPS) is 27.1. The SMILES string of the molecule is CC(C)C1NC(c2ccccc2)N(CC2CCC2)C1=O. The fourth-order valence-electron chi connectivity index (χ4n) is 3.18. The number of hydrogen-bond acceptors (Lipinski definition) is 2. The molecular weight excluding hydrogens is 248 g/mol. The molecule has 3 rings (SSSR count). The molecule has 108 valence electrons. The molecule has 1 saturated carbocycles. The Morgan fingerprint density at radius 3 is 2.50 bits per heavy atom. The molecule has 2 atom stereocenters. The van der Waals surface area contributed by atoms with Gasteiger partial charge in [0.1, 0.15) is 6.17 Å². The van der Waals surface area contributed by atoms with Gasteiger partial charge in [0.05, 0.1) is 6.04 Å². The second-order valence-electron chi connectivity index (χ2n) is 6.49. The van der Waals surface area contributed by atoms with E-state index in [1.807, 2.05) is 18.2 Å². The molecule has 0 radical (unpaired) electrons. The minimum Gasteiger partial charge on any atom is -0.321 e. The van der Waals surface area contributed by atoms with Crippen molar-refractivity contribution in [3.8, 4) is 0 Å². The molecule has 1 aliphatic heterocycles. The lowest BCUT2D eigenvalue weighted by atomic mass is 9.85. The van der Waals surface area contributed by atoms with Gasteiger partial charge in [0, 0.05) is 6.54 Å². The van der Waals surface area contributed by atoms with Crippen molar-refractivity contribution < 1.29 is 4.79 Å². The van der Waals surface area contributed by atoms with Gasteiger partial charge in [-0.15, -0.1) is 0 Å². The maximum atomic E-state index is 12.7. The van der Waals surface area contributed by atoms with Crippen molar-refractivity contribution >= 4 is 5.91 Å². The number of rotatable bonds is 4. The van der Waals surface area contributed by atoms with Crippen molar-refractivity contribution in [2.24, 2.45) is 11.8 Å². The summed E-state index contributed by atoms with van der Waals surface area (Å²) in [6, 6.07) is 10.3. The summed E-state index contributed by atoms with van der Waals surface area (Å²) in [4.78, 5) is 14.7. The van der Waals surface area contributed by atoms with E-state index < -0.39 is 0 Å². The monoisotopic (exact) mass is 272 g/mol. The topological polar surface area (TPSA) is 32.3 Å². The third-order valence-corrected chi connectivity index (χ3v) is 4.66. The lowest BCUT2D eigenvalue weighted by Crippen LogP contribution is -2.38. The molecule has 1 heterocycles. The molecule has 2 aliphatic rings. The fourth-order valence-corrected chi connectivity index (χ4v) is 3.18. The van der Waals surface area contributed by atoms with Crippen LogP contribution in [0.25, 0.3) is 0 Å². The molecule has 1 N–H and O–H groups in total. The number of carbonyl (C=O) groups excluding carboxylic acids is 1. The van der Waals surface area contributed by atoms with Gasteiger partial charge in [-0.25, -0.2) is 0 Å². The summed E-state index contributed by atoms with van der Waals surface area (Å²) in [5, 5.41) is 3.54. The van der Waals surface area contributed by atoms with E-state index in [-0.39, 0.29) is 18.1 Å². The quantitative estimate of drug-likeness (QED) is 0.914. The summed E-state index contributed by atoms with van der Waals surface area (Å²) in [7, 11) is 0. The van der Waals surface area contributed by atoms with Crippen LogP contribution in [0.3, 0.4) is 0 Å². The van der Waals surface area contributed by atoms with E-state index in [2.05, 4.69) is 36.2 Å². The predicted molar refractivity (Wildman–Crippen MR) is 80.0 cm³/mol. The maximum absolute atomic E-state index is 12.7. The van der Waals surface area contributed by atoms with Gasteiger partial charge < -0.3 is 4.90 Å². The van der Waals surface area contributed by atoms with Crippen LogP contribution in [-0.4, -0.2) is 23.4 Å². The molecule has 1 aromatic rings. The average molecular weight is 272 g/mol. The molecule has 0 aromatic heterocycles. The number of nitrogens with zero attached hydrogens (tertiary/aromatic N) is 1. The van der Waals surface area contributed by atoms with E-state index in [9.17, 15) is 4.79 Å². The van der Waals surface area contributed by atoms with Crippen LogP contribution in [0.15, 0.2) is 30.3 Å². The van der Waals surface area contributed by atoms with Crippen LogP contribution in [-0.2, 0) is 4.79 Å². The van der Waals surface area contributed by atoms with E-state index in [1.165, 1.54) is 24.8 Å². The van der Waals surface area contributed by atoms with E-state index in [4.69, 9.17) is 0 Å². The molecule has 0 bridgehead atoms. The van der Waals surface area contributed by atoms with Gasteiger partial charge in [0.2, 0.25) is 5.91 Å². The van der Waals surface area contributed by atoms with Crippen molar-refractivity contribution in [2.75, 3.05) is 6.54 Å². The highest BCUT2D eigenvalue weighted by Gasteiger charge is 2.42. The average Bonchev–Trinajstić information content (AvgIpc) is 2.72. The highest BCUT2D eigenvalue weighted by Crippen LogP contribution is 2.33. The Bertz CT molecular complexity index is 467. The molecule has 3 nitrogen and oxygen atoms in total. The van der Waals surface area contributed by atoms with Gasteiger partial charge in [0.25, 0.3) is 0 Å². The Hall–Kier alpha value is -1.35. The van der Waals surface area contributed by atoms with Gasteiger partial charge in [-0.3, -0.25) is 10.1 Å². The van der Waals surface area contributed by atoms with Crippen molar-refractivity contribution in [2.45, 2.75) is 45.3 Å². The summed E-state index contributed by atoms with van der Waals surface area (Å²) in [5.41, 5.74) is 1.20. The first-order valence-corrected chi connectivity index (χ1v) is 7.78. The highest BCUT2D eigenvalue weighted by atomic mass is 16.2. The summed E-state index contributed by atoms with van der Waals surface area (Å²) >= 11 is 0. The van der Waals surface area contributed by atoms with Gasteiger partial charge in [-0.2, -0.15) is 0 Å². The molecule has 0 spiro atoms. The molecule has 1 amide bonds. The molecule has 1 aliphatic carbocycles. The first kappa shape index (κ1) is 13.6. The van der Waals surface area contributed by atoms with Crippen molar-refractivity contribution in [1.82, 2.24) is 10.2 Å². The molecule has 2 fully saturated rings. The summed E-state index contributed by atoms with van der Waals surface area (Å²) in [6.07, 6.45) is 3.93. The lowest BCUT2D eigenvalue weighted by Gasteiger charge is -2.33. The zero-order chi connectivity index (χ0) is 14.1. The van der Waals surface area contributed by atoms with E-state index in [1.54, 1.807) is 0 Å². The number of hydrogen-bond donors (Lipinski definition) is 1. The number of nitrogens with one attached hydrogen (secondary N) is 1. The minimum absolute atomic E-state index is 0.0414. The van der Waals surface area contributed by atoms with Gasteiger partial charge in [-0.05, 0) is 30.2 Å². The first-order valence-electron chi connectivity index (χ1n) is 7.78. The molecule has 3 heteroatoms. The van der Waals surface area contributed by atoms with Gasteiger partial charge in [-0.1, -0.05) is 50.6 Å². The predicted octanol–water partition coefficient (Wildman–Crippen LogP) is 2.94. The summed E-state index contributed by atoms with van der Waals surface area (Å²) < 4.78 is 0. The molecular formula is C17H24N2O. The van der Waals surface area contributed by atoms with Gasteiger partial charge in [0.15, 0.2) is 0 Å². The molecule has 1 saturated heterocycles. The van der Waals surface area contributed by atoms with Crippen molar-refractivity contribution in [1.29, 1.82) is 0 Å². The molecule has 1 aromatic carbocycles. The number of carbonyl (C=O) groups is 1. The first-order chi connectivity index (χ1) is 9.66. The Morgan fingerprint density at radius 2 is 1.95 bits per heavy atom. The molecule has 2 unspecified atom stereocenters. The third kappa shape index (κ3) is 2.47. The zero-order valence-corrected chi connectivity index (χ0v) is 12.4. The van der Waals surface area contributed by atoms with Crippen LogP contribution in [0.5, 0.6) is 0 Å². The Balaban J connectivity index is 1.83. The number of benzene rings is 1. The number of amides is 1. The van der Waals surface area contributed by atoms with Crippen LogP contribution in [0.2, 0.25) is 0 Å². The Morgan fingerprint density at radius 1 is 1.25 bits per heavy atom. The van der Waals surface area contributed by atoms with Crippen LogP contribution in [0.4, 0.5) is 0 Å². The van der Waals surface area contributed by atoms with Crippen LogP contribution >= 0.6 is 0 Å². The molecule has 20 heavy (non-hydrogen) atoms. The van der Waals surface area contributed by atoms with E-state index in [0.29, 0.717) is 11.8 Å².